The molecule has 0 saturated carbocycles. The number of thiazole rings is 1. The van der Waals surface area contributed by atoms with E-state index < -0.39 is 47.0 Å². The second kappa shape index (κ2) is 13.4. The number of hydrogen-bond donors (Lipinski definition) is 4. The van der Waals surface area contributed by atoms with Crippen LogP contribution >= 0.6 is 46.4 Å². The smallest absolute Gasteiger partial charge is 0.806 e. The molecule has 5 rings (SSSR count). The van der Waals surface area contributed by atoms with Crippen LogP contribution in [0.25, 0.3) is 0 Å². The van der Waals surface area contributed by atoms with E-state index in [1.165, 1.54) is 40.4 Å². The first kappa shape index (κ1) is 31.8. The van der Waals surface area contributed by atoms with Gasteiger partial charge in [-0.15, -0.1) is 40.0 Å². The quantitative estimate of drug-likeness (QED) is 0.0567. The summed E-state index contributed by atoms with van der Waals surface area (Å²) in [6, 6.07) is -0.207. The molecule has 0 aliphatic carbocycles. The fourth-order valence-corrected chi connectivity index (χ4v) is 7.26. The molecule has 3 aromatic rings. The van der Waals surface area contributed by atoms with Crippen molar-refractivity contribution >= 4 is 75.0 Å². The van der Waals surface area contributed by atoms with E-state index >= 15 is 0 Å². The summed E-state index contributed by atoms with van der Waals surface area (Å²) >= 11 is 4.85. The molecule has 16 nitrogen and oxygen atoms in total. The number of fused-ring (bicyclic) bond motifs is 1. The number of rotatable bonds is 10. The van der Waals surface area contributed by atoms with Gasteiger partial charge in [-0.05, 0) is 17.1 Å². The number of carboxylic acid groups (broad SMARTS) is 1. The third kappa shape index (κ3) is 6.58. The zero-order valence-corrected chi connectivity index (χ0v) is 26.6. The number of aromatic hydroxyl groups is 1. The Balaban J connectivity index is 0.00000405. The summed E-state index contributed by atoms with van der Waals surface area (Å²) in [5.41, 5.74) is 4.78. The number of oxime groups is 1. The van der Waals surface area contributed by atoms with Gasteiger partial charge in [0.2, 0.25) is 5.43 Å². The van der Waals surface area contributed by atoms with Gasteiger partial charge in [0.15, 0.2) is 23.2 Å². The molecule has 0 aromatic carbocycles. The number of aliphatic carboxylic acids is 1. The molecule has 0 unspecified atom stereocenters. The molecule has 2 aliphatic heterocycles. The van der Waals surface area contributed by atoms with Crippen molar-refractivity contribution in [2.45, 2.75) is 22.2 Å². The summed E-state index contributed by atoms with van der Waals surface area (Å²) < 4.78 is 4.78. The Morgan fingerprint density at radius 1 is 1.36 bits per heavy atom. The van der Waals surface area contributed by atoms with Crippen molar-refractivity contribution in [1.82, 2.24) is 29.5 Å². The van der Waals surface area contributed by atoms with Crippen LogP contribution in [0.5, 0.6) is 5.75 Å². The zero-order chi connectivity index (χ0) is 29.3. The average Bonchev–Trinajstić information content (AvgIpc) is 3.62. The van der Waals surface area contributed by atoms with Crippen LogP contribution in [0.15, 0.2) is 49.3 Å². The fraction of sp³-hybridized carbons (Fsp3) is 0.238. The van der Waals surface area contributed by atoms with Gasteiger partial charge in [0.25, 0.3) is 11.8 Å². The van der Waals surface area contributed by atoms with Gasteiger partial charge in [0.1, 0.15) is 27.0 Å². The predicted molar refractivity (Wildman–Crippen MR) is 149 cm³/mol. The Hall–Kier alpha value is -3.14. The number of thioether (sulfide) groups is 2. The maximum atomic E-state index is 13.2. The molecule has 1 saturated heterocycles. The fourth-order valence-electron chi connectivity index (χ4n) is 3.80. The van der Waals surface area contributed by atoms with Crippen LogP contribution in [-0.2, 0) is 25.8 Å². The number of amides is 2. The van der Waals surface area contributed by atoms with Crippen LogP contribution < -0.4 is 46.0 Å². The SMILES string of the molecule is Nc1nc(/C(=N\OCc2cc(=O)c(O)cn2[O-])C(=O)N[C@H]2C(=O)N3C(C(=O)O)=C(CSc4cnns4)CS[C@H]23)cs1.[Na+]. The molecule has 2 atom stereocenters. The number of carboxylic acids is 1. The minimum absolute atomic E-state index is 0. The van der Waals surface area contributed by atoms with E-state index in [0.717, 1.165) is 26.5 Å². The Morgan fingerprint density at radius 3 is 2.81 bits per heavy atom. The van der Waals surface area contributed by atoms with Crippen molar-refractivity contribution in [3.63, 3.8) is 0 Å². The molecule has 21 heteroatoms. The van der Waals surface area contributed by atoms with Gasteiger partial charge in [-0.25, -0.2) is 9.78 Å². The average molecular weight is 661 g/mol. The first-order chi connectivity index (χ1) is 19.6. The first-order valence-corrected chi connectivity index (χ1v) is 15.0. The van der Waals surface area contributed by atoms with Crippen LogP contribution in [-0.4, -0.2) is 80.8 Å². The van der Waals surface area contributed by atoms with Gasteiger partial charge in [-0.2, -0.15) is 0 Å². The molecule has 1 fully saturated rings. The molecule has 0 spiro atoms. The molecule has 2 aliphatic rings. The van der Waals surface area contributed by atoms with Crippen LogP contribution in [0.2, 0.25) is 0 Å². The van der Waals surface area contributed by atoms with Crippen LogP contribution in [0.4, 0.5) is 5.13 Å². The van der Waals surface area contributed by atoms with E-state index in [-0.39, 0.29) is 62.2 Å². The van der Waals surface area contributed by atoms with E-state index in [4.69, 9.17) is 10.6 Å². The second-order valence-electron chi connectivity index (χ2n) is 8.27. The molecule has 5 heterocycles. The first-order valence-electron chi connectivity index (χ1n) is 11.3. The zero-order valence-electron chi connectivity index (χ0n) is 21.3. The third-order valence-corrected chi connectivity index (χ3v) is 9.62. The maximum Gasteiger partial charge on any atom is 1.00 e. The van der Waals surface area contributed by atoms with Gasteiger partial charge in [0, 0.05) is 29.1 Å². The molecule has 0 radical (unpaired) electrons. The summed E-state index contributed by atoms with van der Waals surface area (Å²) in [6.07, 6.45) is 2.23. The molecule has 5 N–H and O–H groups in total. The topological polar surface area (TPSA) is 238 Å². The number of hydrogen-bond acceptors (Lipinski definition) is 16. The summed E-state index contributed by atoms with van der Waals surface area (Å²) in [5.74, 6) is -2.84. The van der Waals surface area contributed by atoms with Crippen molar-refractivity contribution < 1.29 is 59.0 Å². The minimum atomic E-state index is -1.26. The summed E-state index contributed by atoms with van der Waals surface area (Å²) in [6.45, 7) is -0.533. The van der Waals surface area contributed by atoms with Gasteiger partial charge in [-0.1, -0.05) is 9.64 Å². The van der Waals surface area contributed by atoms with E-state index in [2.05, 4.69) is 25.0 Å². The molecule has 42 heavy (non-hydrogen) atoms. The number of carbonyl (C=O) groups excluding carboxylic acids is 2. The van der Waals surface area contributed by atoms with E-state index in [9.17, 15) is 34.6 Å². The largest absolute Gasteiger partial charge is 1.00 e. The molecule has 0 bridgehead atoms. The number of β-lactam (4-membered cyclic amide) rings is 1. The van der Waals surface area contributed by atoms with Crippen molar-refractivity contribution in [3.05, 3.63) is 61.9 Å². The van der Waals surface area contributed by atoms with Crippen molar-refractivity contribution in [3.8, 4) is 5.75 Å². The summed E-state index contributed by atoms with van der Waals surface area (Å²) in [4.78, 5) is 60.3. The number of nitrogens with two attached hydrogens (primary N) is 1. The van der Waals surface area contributed by atoms with Gasteiger partial charge in [0.05, 0.1) is 11.9 Å². The summed E-state index contributed by atoms with van der Waals surface area (Å²) in [7, 11) is 0. The normalized spacial score (nSPS) is 18.1. The van der Waals surface area contributed by atoms with Crippen molar-refractivity contribution in [1.29, 1.82) is 0 Å². The van der Waals surface area contributed by atoms with E-state index in [1.54, 1.807) is 6.20 Å². The number of nitrogens with zero attached hydrogens (tertiary/aromatic N) is 6. The van der Waals surface area contributed by atoms with Crippen LogP contribution in [0, 0.1) is 5.21 Å². The predicted octanol–water partition coefficient (Wildman–Crippen LogP) is -2.75. The standard InChI is InChI=1S/C21H17N8O8S4.Na/c22-21-24-10(7-40-21)14(26-37-4-9-1-11(30)12(31)3-28(9)36)17(32)25-15-18(33)29-16(20(34)35)8(6-39-19(15)29)5-38-13-2-23-27-41-13;/h1-3,7,15,19,31H,4-6H2,(H2,22,24)(H,25,32)(H,34,35);/q-1;+1/b26-14+;/t15-,19+;/m0./s1. The number of pyridine rings is 1. The summed E-state index contributed by atoms with van der Waals surface area (Å²) in [5, 5.41) is 42.1. The van der Waals surface area contributed by atoms with Crippen molar-refractivity contribution in [2.24, 2.45) is 5.16 Å². The van der Waals surface area contributed by atoms with E-state index in [1.807, 2.05) is 0 Å². The Kier molecular flexibility index (Phi) is 10.2. The van der Waals surface area contributed by atoms with Crippen LogP contribution in [0.3, 0.4) is 0 Å². The molecule has 2 amide bonds. The van der Waals surface area contributed by atoms with Gasteiger partial charge < -0.3 is 36.0 Å². The maximum absolute atomic E-state index is 13.2. The molecule has 3 aromatic heterocycles. The third-order valence-electron chi connectivity index (χ3n) is 5.69. The monoisotopic (exact) mass is 660 g/mol. The number of nitrogens with one attached hydrogen (secondary N) is 1. The van der Waals surface area contributed by atoms with Crippen molar-refractivity contribution in [2.75, 3.05) is 17.2 Å². The van der Waals surface area contributed by atoms with Crippen LogP contribution in [0.1, 0.15) is 11.4 Å². The molecular weight excluding hydrogens is 644 g/mol. The number of nitrogen functional groups attached to an aromatic ring is 1. The number of carbonyl (C=O) groups is 3. The molecular formula is C21H17N8NaO8S4. The number of anilines is 1. The Morgan fingerprint density at radius 2 is 2.14 bits per heavy atom. The second-order valence-corrected chi connectivity index (χ2v) is 12.3. The van der Waals surface area contributed by atoms with Gasteiger partial charge in [-0.3, -0.25) is 19.3 Å². The molecule has 214 valence electrons. The van der Waals surface area contributed by atoms with E-state index in [0.29, 0.717) is 23.3 Å². The van der Waals surface area contributed by atoms with Gasteiger partial charge >= 0.3 is 35.5 Å². The Bertz CT molecular complexity index is 1640. The minimum Gasteiger partial charge on any atom is -0.806 e. The number of aromatic nitrogens is 4. The Labute approximate surface area is 274 Å².